The molecule has 2 N–H and O–H groups in total. The van der Waals surface area contributed by atoms with E-state index in [1.807, 2.05) is 0 Å². The minimum absolute atomic E-state index is 0.0591. The van der Waals surface area contributed by atoms with E-state index in [-0.39, 0.29) is 17.5 Å². The molecule has 1 saturated heterocycles. The largest absolute Gasteiger partial charge is 0.312 e. The molecule has 0 amide bonds. The van der Waals surface area contributed by atoms with Crippen molar-refractivity contribution in [3.8, 4) is 0 Å². The minimum atomic E-state index is -3.82. The molecule has 2 unspecified atom stereocenters. The maximum Gasteiger partial charge on any atom is 0.240 e. The minimum Gasteiger partial charge on any atom is -0.312 e. The van der Waals surface area contributed by atoms with Crippen LogP contribution >= 0.6 is 0 Å². The van der Waals surface area contributed by atoms with E-state index in [4.69, 9.17) is 0 Å². The van der Waals surface area contributed by atoms with Crippen molar-refractivity contribution in [1.29, 1.82) is 0 Å². The van der Waals surface area contributed by atoms with Crippen LogP contribution in [0.5, 0.6) is 0 Å². The second-order valence-electron chi connectivity index (χ2n) is 5.11. The van der Waals surface area contributed by atoms with Gasteiger partial charge in [0.15, 0.2) is 11.6 Å². The summed E-state index contributed by atoms with van der Waals surface area (Å²) in [6, 6.07) is 2.61. The molecule has 1 aromatic carbocycles. The number of rotatable bonds is 4. The molecule has 1 aromatic rings. The Labute approximate surface area is 117 Å². The highest BCUT2D eigenvalue weighted by molar-refractivity contribution is 7.89. The molecule has 1 aliphatic rings. The molecular weight excluding hydrogens is 286 g/mol. The summed E-state index contributed by atoms with van der Waals surface area (Å²) in [5.74, 6) is -1.86. The molecule has 1 aliphatic heterocycles. The lowest BCUT2D eigenvalue weighted by atomic mass is 9.93. The van der Waals surface area contributed by atoms with Crippen LogP contribution in [0.15, 0.2) is 23.1 Å². The van der Waals surface area contributed by atoms with Crippen molar-refractivity contribution in [3.05, 3.63) is 29.8 Å². The van der Waals surface area contributed by atoms with Crippen molar-refractivity contribution in [1.82, 2.24) is 10.0 Å². The normalized spacial score (nSPS) is 23.8. The predicted molar refractivity (Wildman–Crippen MR) is 71.7 cm³/mol. The zero-order valence-electron chi connectivity index (χ0n) is 11.2. The van der Waals surface area contributed by atoms with Crippen LogP contribution in [0.25, 0.3) is 0 Å². The third-order valence-corrected chi connectivity index (χ3v) is 5.05. The van der Waals surface area contributed by atoms with Gasteiger partial charge in [0, 0.05) is 12.6 Å². The maximum absolute atomic E-state index is 13.1. The first-order valence-electron chi connectivity index (χ1n) is 6.58. The smallest absolute Gasteiger partial charge is 0.240 e. The Morgan fingerprint density at radius 3 is 2.75 bits per heavy atom. The third-order valence-electron chi connectivity index (χ3n) is 3.62. The first-order valence-corrected chi connectivity index (χ1v) is 8.06. The van der Waals surface area contributed by atoms with Gasteiger partial charge >= 0.3 is 0 Å². The number of sulfonamides is 1. The quantitative estimate of drug-likeness (QED) is 0.889. The molecule has 0 aromatic heterocycles. The zero-order chi connectivity index (χ0) is 14.8. The Bertz CT molecular complexity index is 578. The third kappa shape index (κ3) is 3.53. The Kier molecular flexibility index (Phi) is 4.72. The molecule has 2 atom stereocenters. The van der Waals surface area contributed by atoms with Gasteiger partial charge in [0.25, 0.3) is 0 Å². The molecule has 20 heavy (non-hydrogen) atoms. The van der Waals surface area contributed by atoms with E-state index in [2.05, 4.69) is 17.0 Å². The number of hydrogen-bond donors (Lipinski definition) is 2. The van der Waals surface area contributed by atoms with Gasteiger partial charge in [0.2, 0.25) is 10.0 Å². The van der Waals surface area contributed by atoms with Gasteiger partial charge in [-0.25, -0.2) is 21.9 Å². The summed E-state index contributed by atoms with van der Waals surface area (Å²) in [6.07, 6.45) is 2.12. The standard InChI is InChI=1S/C13H18F2N2O2S/c1-9-3-2-6-16-13(9)8-17-20(18,19)10-4-5-11(14)12(15)7-10/h4-5,7,9,13,16-17H,2-3,6,8H2,1H3. The number of halogens is 2. The monoisotopic (exact) mass is 304 g/mol. The van der Waals surface area contributed by atoms with Crippen LogP contribution in [0.1, 0.15) is 19.8 Å². The van der Waals surface area contributed by atoms with Gasteiger partial charge in [0.1, 0.15) is 0 Å². The zero-order valence-corrected chi connectivity index (χ0v) is 12.0. The van der Waals surface area contributed by atoms with Crippen LogP contribution in [0, 0.1) is 17.6 Å². The summed E-state index contributed by atoms with van der Waals surface area (Å²) in [5, 5.41) is 3.25. The molecule has 0 saturated carbocycles. The molecule has 4 nitrogen and oxygen atoms in total. The van der Waals surface area contributed by atoms with Crippen molar-refractivity contribution in [2.24, 2.45) is 5.92 Å². The highest BCUT2D eigenvalue weighted by Gasteiger charge is 2.23. The molecule has 7 heteroatoms. The number of hydrogen-bond acceptors (Lipinski definition) is 3. The molecule has 0 aliphatic carbocycles. The lowest BCUT2D eigenvalue weighted by Gasteiger charge is -2.30. The predicted octanol–water partition coefficient (Wildman–Crippen LogP) is 1.63. The van der Waals surface area contributed by atoms with Crippen LogP contribution < -0.4 is 10.0 Å². The van der Waals surface area contributed by atoms with Crippen molar-refractivity contribution >= 4 is 10.0 Å². The van der Waals surface area contributed by atoms with Crippen molar-refractivity contribution in [2.75, 3.05) is 13.1 Å². The van der Waals surface area contributed by atoms with E-state index in [9.17, 15) is 17.2 Å². The van der Waals surface area contributed by atoms with Gasteiger partial charge < -0.3 is 5.32 Å². The molecular formula is C13H18F2N2O2S. The fourth-order valence-electron chi connectivity index (χ4n) is 2.31. The van der Waals surface area contributed by atoms with Gasteiger partial charge in [-0.2, -0.15) is 0 Å². The van der Waals surface area contributed by atoms with E-state index < -0.39 is 21.7 Å². The maximum atomic E-state index is 13.1. The number of benzene rings is 1. The van der Waals surface area contributed by atoms with Crippen LogP contribution in [0.2, 0.25) is 0 Å². The average molecular weight is 304 g/mol. The lowest BCUT2D eigenvalue weighted by molar-refractivity contribution is 0.300. The summed E-state index contributed by atoms with van der Waals surface area (Å²) in [5.41, 5.74) is 0. The first kappa shape index (κ1) is 15.3. The van der Waals surface area contributed by atoms with E-state index in [0.717, 1.165) is 31.5 Å². The second kappa shape index (κ2) is 6.15. The molecule has 0 radical (unpaired) electrons. The number of nitrogens with one attached hydrogen (secondary N) is 2. The van der Waals surface area contributed by atoms with Gasteiger partial charge in [-0.1, -0.05) is 6.92 Å². The SMILES string of the molecule is CC1CCCNC1CNS(=O)(=O)c1ccc(F)c(F)c1. The first-order chi connectivity index (χ1) is 9.40. The van der Waals surface area contributed by atoms with Crippen LogP contribution in [0.4, 0.5) is 8.78 Å². The topological polar surface area (TPSA) is 58.2 Å². The van der Waals surface area contributed by atoms with Crippen LogP contribution in [0.3, 0.4) is 0 Å². The summed E-state index contributed by atoms with van der Waals surface area (Å²) in [7, 11) is -3.82. The van der Waals surface area contributed by atoms with E-state index >= 15 is 0 Å². The van der Waals surface area contributed by atoms with E-state index in [0.29, 0.717) is 12.0 Å². The summed E-state index contributed by atoms with van der Waals surface area (Å²) in [4.78, 5) is -0.264. The number of piperidine rings is 1. The van der Waals surface area contributed by atoms with Crippen molar-refractivity contribution in [3.63, 3.8) is 0 Å². The van der Waals surface area contributed by atoms with Gasteiger partial charge in [0.05, 0.1) is 4.90 Å². The van der Waals surface area contributed by atoms with E-state index in [1.165, 1.54) is 0 Å². The average Bonchev–Trinajstić information content (AvgIpc) is 2.41. The fraction of sp³-hybridized carbons (Fsp3) is 0.538. The Morgan fingerprint density at radius 1 is 1.35 bits per heavy atom. The Morgan fingerprint density at radius 2 is 2.10 bits per heavy atom. The van der Waals surface area contributed by atoms with Gasteiger partial charge in [-0.05, 0) is 43.5 Å². The van der Waals surface area contributed by atoms with Crippen molar-refractivity contribution < 1.29 is 17.2 Å². The van der Waals surface area contributed by atoms with Crippen LogP contribution in [-0.4, -0.2) is 27.5 Å². The summed E-state index contributed by atoms with van der Waals surface area (Å²) < 4.78 is 52.4. The summed E-state index contributed by atoms with van der Waals surface area (Å²) >= 11 is 0. The van der Waals surface area contributed by atoms with Crippen LogP contribution in [-0.2, 0) is 10.0 Å². The molecule has 1 fully saturated rings. The molecule has 2 rings (SSSR count). The molecule has 1 heterocycles. The highest BCUT2D eigenvalue weighted by atomic mass is 32.2. The highest BCUT2D eigenvalue weighted by Crippen LogP contribution is 2.17. The van der Waals surface area contributed by atoms with Gasteiger partial charge in [-0.3, -0.25) is 0 Å². The van der Waals surface area contributed by atoms with Gasteiger partial charge in [-0.15, -0.1) is 0 Å². The fourth-order valence-corrected chi connectivity index (χ4v) is 3.39. The Hall–Kier alpha value is -1.05. The second-order valence-corrected chi connectivity index (χ2v) is 6.87. The molecule has 0 bridgehead atoms. The lowest BCUT2D eigenvalue weighted by Crippen LogP contribution is -2.47. The summed E-state index contributed by atoms with van der Waals surface area (Å²) in [6.45, 7) is 3.16. The Balaban J connectivity index is 2.05. The molecule has 112 valence electrons. The van der Waals surface area contributed by atoms with Crippen molar-refractivity contribution in [2.45, 2.75) is 30.7 Å². The molecule has 0 spiro atoms. The van der Waals surface area contributed by atoms with E-state index in [1.54, 1.807) is 0 Å².